The Kier molecular flexibility index (Phi) is 3.96. The van der Waals surface area contributed by atoms with Crippen molar-refractivity contribution in [2.24, 2.45) is 0 Å². The van der Waals surface area contributed by atoms with E-state index < -0.39 is 6.10 Å². The molecule has 0 fully saturated rings. The summed E-state index contributed by atoms with van der Waals surface area (Å²) in [4.78, 5) is 0. The van der Waals surface area contributed by atoms with Gasteiger partial charge in [-0.25, -0.2) is 0 Å². The van der Waals surface area contributed by atoms with Crippen molar-refractivity contribution in [2.45, 2.75) is 6.10 Å². The monoisotopic (exact) mass is 412 g/mol. The van der Waals surface area contributed by atoms with E-state index in [9.17, 15) is 5.11 Å². The van der Waals surface area contributed by atoms with Gasteiger partial charge in [-0.05, 0) is 39.4 Å². The molecule has 1 aliphatic carbocycles. The SMILES string of the molecule is OC1c2ccccc2-c2ccc(Br)c(-c3ccccc3-c3ccccc3)c21. The quantitative estimate of drug-likeness (QED) is 0.381. The van der Waals surface area contributed by atoms with E-state index in [1.54, 1.807) is 0 Å². The molecule has 2 heteroatoms. The van der Waals surface area contributed by atoms with Crippen molar-refractivity contribution in [2.75, 3.05) is 0 Å². The summed E-state index contributed by atoms with van der Waals surface area (Å²) in [5, 5.41) is 11.1. The molecule has 130 valence electrons. The summed E-state index contributed by atoms with van der Waals surface area (Å²) in [5.41, 5.74) is 8.70. The number of hydrogen-bond donors (Lipinski definition) is 1. The van der Waals surface area contributed by atoms with Gasteiger partial charge in [-0.15, -0.1) is 0 Å². The smallest absolute Gasteiger partial charge is 0.106 e. The molecule has 1 aliphatic rings. The predicted molar refractivity (Wildman–Crippen MR) is 115 cm³/mol. The highest BCUT2D eigenvalue weighted by atomic mass is 79.9. The highest BCUT2D eigenvalue weighted by Crippen LogP contribution is 2.51. The van der Waals surface area contributed by atoms with Crippen LogP contribution in [0.5, 0.6) is 0 Å². The molecule has 1 unspecified atom stereocenters. The maximum absolute atomic E-state index is 11.1. The zero-order valence-corrected chi connectivity index (χ0v) is 16.1. The number of fused-ring (bicyclic) bond motifs is 3. The van der Waals surface area contributed by atoms with Gasteiger partial charge in [0.05, 0.1) is 0 Å². The Morgan fingerprint density at radius 1 is 0.593 bits per heavy atom. The summed E-state index contributed by atoms with van der Waals surface area (Å²) in [5.74, 6) is 0. The molecule has 0 saturated heterocycles. The lowest BCUT2D eigenvalue weighted by Crippen LogP contribution is -1.99. The number of halogens is 1. The van der Waals surface area contributed by atoms with Crippen LogP contribution in [0, 0.1) is 0 Å². The van der Waals surface area contributed by atoms with E-state index in [0.29, 0.717) is 0 Å². The molecule has 5 rings (SSSR count). The zero-order chi connectivity index (χ0) is 18.4. The fourth-order valence-electron chi connectivity index (χ4n) is 4.09. The van der Waals surface area contributed by atoms with Crippen LogP contribution in [0.3, 0.4) is 0 Å². The van der Waals surface area contributed by atoms with Gasteiger partial charge >= 0.3 is 0 Å². The molecule has 0 spiro atoms. The molecular formula is C25H17BrO. The van der Waals surface area contributed by atoms with Crippen LogP contribution in [0.1, 0.15) is 17.2 Å². The standard InChI is InChI=1S/C25H17BrO/c26-22-15-14-20-18-11-5-7-13-21(18)25(27)24(20)23(22)19-12-6-4-10-17(19)16-8-2-1-3-9-16/h1-15,25,27H. The Balaban J connectivity index is 1.81. The Morgan fingerprint density at radius 2 is 1.22 bits per heavy atom. The van der Waals surface area contributed by atoms with Crippen molar-refractivity contribution >= 4 is 15.9 Å². The van der Waals surface area contributed by atoms with Gasteiger partial charge in [0.15, 0.2) is 0 Å². The molecule has 1 atom stereocenters. The highest BCUT2D eigenvalue weighted by molar-refractivity contribution is 9.10. The van der Waals surface area contributed by atoms with Crippen LogP contribution >= 0.6 is 15.9 Å². The van der Waals surface area contributed by atoms with Gasteiger partial charge in [0.1, 0.15) is 6.10 Å². The second-order valence-corrected chi connectivity index (χ2v) is 7.64. The van der Waals surface area contributed by atoms with Crippen LogP contribution in [0.15, 0.2) is 95.5 Å². The van der Waals surface area contributed by atoms with E-state index >= 15 is 0 Å². The minimum absolute atomic E-state index is 0.618. The summed E-state index contributed by atoms with van der Waals surface area (Å²) >= 11 is 3.75. The van der Waals surface area contributed by atoms with Crippen molar-refractivity contribution in [3.8, 4) is 33.4 Å². The summed E-state index contributed by atoms with van der Waals surface area (Å²) in [6.45, 7) is 0. The average molecular weight is 413 g/mol. The molecule has 0 saturated carbocycles. The third-order valence-electron chi connectivity index (χ3n) is 5.29. The van der Waals surface area contributed by atoms with Gasteiger partial charge in [-0.3, -0.25) is 0 Å². The topological polar surface area (TPSA) is 20.2 Å². The molecule has 1 nitrogen and oxygen atoms in total. The summed E-state index contributed by atoms with van der Waals surface area (Å²) in [7, 11) is 0. The Labute approximate surface area is 167 Å². The first-order chi connectivity index (χ1) is 13.3. The Morgan fingerprint density at radius 3 is 2.00 bits per heavy atom. The van der Waals surface area contributed by atoms with Gasteiger partial charge in [0, 0.05) is 15.6 Å². The van der Waals surface area contributed by atoms with Crippen molar-refractivity contribution < 1.29 is 5.11 Å². The first-order valence-corrected chi connectivity index (χ1v) is 9.79. The minimum Gasteiger partial charge on any atom is -0.384 e. The van der Waals surface area contributed by atoms with Crippen LogP contribution < -0.4 is 0 Å². The van der Waals surface area contributed by atoms with E-state index in [1.807, 2.05) is 24.3 Å². The van der Waals surface area contributed by atoms with Crippen LogP contribution in [0.4, 0.5) is 0 Å². The maximum Gasteiger partial charge on any atom is 0.106 e. The van der Waals surface area contributed by atoms with Crippen LogP contribution in [0.25, 0.3) is 33.4 Å². The number of aliphatic hydroxyl groups excluding tert-OH is 1. The normalized spacial score (nSPS) is 14.7. The second-order valence-electron chi connectivity index (χ2n) is 6.79. The molecule has 1 N–H and O–H groups in total. The summed E-state index contributed by atoms with van der Waals surface area (Å²) in [6.07, 6.45) is -0.618. The molecule has 0 bridgehead atoms. The first kappa shape index (κ1) is 16.5. The fraction of sp³-hybridized carbons (Fsp3) is 0.0400. The van der Waals surface area contributed by atoms with Gasteiger partial charge in [-0.2, -0.15) is 0 Å². The summed E-state index contributed by atoms with van der Waals surface area (Å²) < 4.78 is 0.997. The van der Waals surface area contributed by atoms with E-state index in [4.69, 9.17) is 0 Å². The number of benzene rings is 4. The number of hydrogen-bond acceptors (Lipinski definition) is 1. The second kappa shape index (κ2) is 6.49. The summed E-state index contributed by atoms with van der Waals surface area (Å²) in [6, 6.07) is 31.1. The van der Waals surface area contributed by atoms with E-state index in [1.165, 1.54) is 5.56 Å². The Hall–Kier alpha value is -2.68. The average Bonchev–Trinajstić information content (AvgIpc) is 3.01. The third-order valence-corrected chi connectivity index (χ3v) is 5.96. The van der Waals surface area contributed by atoms with Crippen molar-refractivity contribution in [1.82, 2.24) is 0 Å². The molecule has 27 heavy (non-hydrogen) atoms. The van der Waals surface area contributed by atoms with E-state index in [-0.39, 0.29) is 0 Å². The lowest BCUT2D eigenvalue weighted by molar-refractivity contribution is 0.225. The lowest BCUT2D eigenvalue weighted by atomic mass is 9.89. The first-order valence-electron chi connectivity index (χ1n) is 9.00. The zero-order valence-electron chi connectivity index (χ0n) is 14.6. The van der Waals surface area contributed by atoms with Crippen molar-refractivity contribution in [3.05, 3.63) is 107 Å². The highest BCUT2D eigenvalue weighted by Gasteiger charge is 2.31. The van der Waals surface area contributed by atoms with E-state index in [2.05, 4.69) is 82.7 Å². The molecule has 4 aromatic rings. The van der Waals surface area contributed by atoms with Gasteiger partial charge in [0.2, 0.25) is 0 Å². The van der Waals surface area contributed by atoms with Crippen molar-refractivity contribution in [1.29, 1.82) is 0 Å². The van der Waals surface area contributed by atoms with Crippen molar-refractivity contribution in [3.63, 3.8) is 0 Å². The molecule has 0 aromatic heterocycles. The third kappa shape index (κ3) is 2.56. The van der Waals surface area contributed by atoms with Gasteiger partial charge in [0.25, 0.3) is 0 Å². The predicted octanol–water partition coefficient (Wildman–Crippen LogP) is 6.85. The maximum atomic E-state index is 11.1. The molecular weight excluding hydrogens is 396 g/mol. The fourth-order valence-corrected chi connectivity index (χ4v) is 4.65. The van der Waals surface area contributed by atoms with Crippen LogP contribution in [0.2, 0.25) is 0 Å². The van der Waals surface area contributed by atoms with Crippen LogP contribution in [-0.4, -0.2) is 5.11 Å². The number of aliphatic hydroxyl groups is 1. The van der Waals surface area contributed by atoms with Gasteiger partial charge < -0.3 is 5.11 Å². The van der Waals surface area contributed by atoms with Crippen LogP contribution in [-0.2, 0) is 0 Å². The van der Waals surface area contributed by atoms with E-state index in [0.717, 1.165) is 43.4 Å². The molecule has 0 aliphatic heterocycles. The molecule has 0 heterocycles. The van der Waals surface area contributed by atoms with Gasteiger partial charge in [-0.1, -0.05) is 101 Å². The molecule has 0 radical (unpaired) electrons. The largest absolute Gasteiger partial charge is 0.384 e. The lowest BCUT2D eigenvalue weighted by Gasteiger charge is -2.18. The Bertz CT molecular complexity index is 1150. The number of rotatable bonds is 2. The molecule has 4 aromatic carbocycles. The minimum atomic E-state index is -0.618. The molecule has 0 amide bonds.